The quantitative estimate of drug-likeness (QED) is 0.194. The van der Waals surface area contributed by atoms with Crippen LogP contribution in [0, 0.1) is 0 Å². The van der Waals surface area contributed by atoms with Crippen molar-refractivity contribution in [3.63, 3.8) is 0 Å². The van der Waals surface area contributed by atoms with Gasteiger partial charge in [0.15, 0.2) is 0 Å². The highest BCUT2D eigenvalue weighted by Crippen LogP contribution is 2.27. The number of fused-ring (bicyclic) bond motifs is 2. The van der Waals surface area contributed by atoms with Crippen LogP contribution in [0.3, 0.4) is 0 Å². The summed E-state index contributed by atoms with van der Waals surface area (Å²) in [6.45, 7) is 1.65. The number of carbonyl (C=O) groups is 2. The molecule has 12 heteroatoms. The molecule has 0 aliphatic rings. The second kappa shape index (κ2) is 11.3. The lowest BCUT2D eigenvalue weighted by Gasteiger charge is -2.11. The Bertz CT molecular complexity index is 1740. The molecule has 0 aliphatic carbocycles. The van der Waals surface area contributed by atoms with E-state index in [1.54, 1.807) is 37.3 Å². The monoisotopic (exact) mass is 526 g/mol. The average molecular weight is 527 g/mol. The van der Waals surface area contributed by atoms with Gasteiger partial charge in [0.25, 0.3) is 0 Å². The van der Waals surface area contributed by atoms with Gasteiger partial charge in [-0.1, -0.05) is 42.5 Å². The van der Waals surface area contributed by atoms with Crippen LogP contribution in [0.1, 0.15) is 6.92 Å². The molecule has 0 aliphatic heterocycles. The molecule has 39 heavy (non-hydrogen) atoms. The first-order valence-electron chi connectivity index (χ1n) is 11.9. The van der Waals surface area contributed by atoms with Crippen molar-refractivity contribution in [2.75, 3.05) is 29.1 Å². The van der Waals surface area contributed by atoms with Gasteiger partial charge >= 0.3 is 23.6 Å². The average Bonchev–Trinajstić information content (AvgIpc) is 2.92. The van der Waals surface area contributed by atoms with Gasteiger partial charge in [0.1, 0.15) is 17.9 Å². The molecule has 2 amide bonds. The molecule has 0 radical (unpaired) electrons. The zero-order valence-electron chi connectivity index (χ0n) is 20.6. The number of esters is 1. The number of amides is 2. The highest BCUT2D eigenvalue weighted by molar-refractivity contribution is 6.00. The third kappa shape index (κ3) is 6.25. The predicted octanol–water partition coefficient (Wildman–Crippen LogP) is 4.54. The molecule has 0 bridgehead atoms. The Kier molecular flexibility index (Phi) is 7.26. The van der Waals surface area contributed by atoms with Crippen molar-refractivity contribution in [2.45, 2.75) is 6.92 Å². The summed E-state index contributed by atoms with van der Waals surface area (Å²) in [4.78, 5) is 49.1. The Labute approximate surface area is 221 Å². The third-order valence-electron chi connectivity index (χ3n) is 5.36. The summed E-state index contributed by atoms with van der Waals surface area (Å²) >= 11 is 0. The number of hydrogen-bond donors (Lipinski definition) is 3. The molecule has 0 unspecified atom stereocenters. The second-order valence-corrected chi connectivity index (χ2v) is 8.09. The minimum absolute atomic E-state index is 0.0682. The van der Waals surface area contributed by atoms with Gasteiger partial charge in [0.05, 0.1) is 18.1 Å². The highest BCUT2D eigenvalue weighted by Gasteiger charge is 2.15. The van der Waals surface area contributed by atoms with Crippen molar-refractivity contribution < 1.29 is 23.5 Å². The van der Waals surface area contributed by atoms with E-state index in [2.05, 4.69) is 30.9 Å². The number of hydrogen-bond acceptors (Lipinski definition) is 10. The Morgan fingerprint density at radius 2 is 1.64 bits per heavy atom. The van der Waals surface area contributed by atoms with E-state index in [9.17, 15) is 14.4 Å². The minimum atomic E-state index is -0.633. The van der Waals surface area contributed by atoms with Crippen LogP contribution in [-0.2, 0) is 9.53 Å². The maximum atomic E-state index is 12.8. The predicted molar refractivity (Wildman–Crippen MR) is 144 cm³/mol. The van der Waals surface area contributed by atoms with E-state index in [-0.39, 0.29) is 36.8 Å². The summed E-state index contributed by atoms with van der Waals surface area (Å²) < 4.78 is 15.9. The first kappa shape index (κ1) is 25.1. The fraction of sp³-hybridized carbons (Fsp3) is 0.111. The number of para-hydroxylation sites is 1. The van der Waals surface area contributed by atoms with E-state index in [1.807, 2.05) is 36.4 Å². The smallest absolute Gasteiger partial charge is 0.339 e. The zero-order chi connectivity index (χ0) is 27.2. The van der Waals surface area contributed by atoms with Gasteiger partial charge in [-0.25, -0.2) is 9.59 Å². The summed E-state index contributed by atoms with van der Waals surface area (Å²) in [7, 11) is 0. The van der Waals surface area contributed by atoms with E-state index >= 15 is 0 Å². The molecule has 12 nitrogen and oxygen atoms in total. The van der Waals surface area contributed by atoms with Gasteiger partial charge in [0.2, 0.25) is 11.9 Å². The fourth-order valence-electron chi connectivity index (χ4n) is 3.70. The summed E-state index contributed by atoms with van der Waals surface area (Å²) in [5.74, 6) is -0.634. The van der Waals surface area contributed by atoms with Gasteiger partial charge in [0, 0.05) is 5.69 Å². The molecule has 3 N–H and O–H groups in total. The topological polar surface area (TPSA) is 158 Å². The normalized spacial score (nSPS) is 10.7. The van der Waals surface area contributed by atoms with Crippen LogP contribution in [0.2, 0.25) is 0 Å². The van der Waals surface area contributed by atoms with Crippen LogP contribution < -0.4 is 26.3 Å². The van der Waals surface area contributed by atoms with Crippen molar-refractivity contribution in [3.05, 3.63) is 83.2 Å². The molecular weight excluding hydrogens is 504 g/mol. The van der Waals surface area contributed by atoms with Crippen molar-refractivity contribution in [3.8, 4) is 11.8 Å². The van der Waals surface area contributed by atoms with Crippen LogP contribution in [0.5, 0.6) is 11.8 Å². The molecule has 0 atom stereocenters. The molecule has 2 aromatic heterocycles. The van der Waals surface area contributed by atoms with Crippen LogP contribution in [0.4, 0.5) is 22.4 Å². The molecule has 5 rings (SSSR count). The zero-order valence-corrected chi connectivity index (χ0v) is 20.6. The van der Waals surface area contributed by atoms with E-state index < -0.39 is 17.6 Å². The molecular formula is C27H22N6O6. The number of nitrogens with one attached hydrogen (secondary N) is 3. The molecule has 2 heterocycles. The lowest BCUT2D eigenvalue weighted by Crippen LogP contribution is -2.22. The van der Waals surface area contributed by atoms with Crippen molar-refractivity contribution in [1.82, 2.24) is 15.0 Å². The summed E-state index contributed by atoms with van der Waals surface area (Å²) in [6.07, 6.45) is 0. The highest BCUT2D eigenvalue weighted by atomic mass is 16.5. The standard InChI is InChI=1S/C27H22N6O6/c1-2-37-23(35)15-28-24-30-25(31-26(36)29-18-12-11-16-7-3-4-8-17(16)13-18)33-27(32-24)39-21-14-22(34)38-20-10-6-5-9-19(20)21/h3-14H,2,15H2,1H3,(H3,28,29,30,31,32,33,36). The van der Waals surface area contributed by atoms with Gasteiger partial charge in [-0.2, -0.15) is 15.0 Å². The van der Waals surface area contributed by atoms with Crippen molar-refractivity contribution in [1.29, 1.82) is 0 Å². The maximum Gasteiger partial charge on any atom is 0.339 e. The van der Waals surface area contributed by atoms with Gasteiger partial charge in [-0.3, -0.25) is 10.1 Å². The summed E-state index contributed by atoms with van der Waals surface area (Å²) in [5, 5.41) is 10.5. The Morgan fingerprint density at radius 3 is 2.49 bits per heavy atom. The molecule has 0 saturated carbocycles. The van der Waals surface area contributed by atoms with E-state index in [4.69, 9.17) is 13.9 Å². The summed E-state index contributed by atoms with van der Waals surface area (Å²) in [6, 6.07) is 20.3. The largest absolute Gasteiger partial charge is 0.465 e. The molecule has 0 saturated heterocycles. The van der Waals surface area contributed by atoms with Gasteiger partial charge < -0.3 is 24.5 Å². The Balaban J connectivity index is 1.40. The number of ether oxygens (including phenoxy) is 2. The molecule has 3 aromatic carbocycles. The first-order chi connectivity index (χ1) is 19.0. The van der Waals surface area contributed by atoms with Crippen molar-refractivity contribution in [2.24, 2.45) is 0 Å². The molecule has 196 valence electrons. The fourth-order valence-corrected chi connectivity index (χ4v) is 3.70. The number of rotatable bonds is 8. The maximum absolute atomic E-state index is 12.8. The SMILES string of the molecule is CCOC(=O)CNc1nc(NC(=O)Nc2ccc3ccccc3c2)nc(Oc2cc(=O)oc3ccccc23)n1. The molecule has 0 spiro atoms. The minimum Gasteiger partial charge on any atom is -0.465 e. The lowest BCUT2D eigenvalue weighted by atomic mass is 10.1. The van der Waals surface area contributed by atoms with E-state index in [0.717, 1.165) is 16.8 Å². The Hall–Kier alpha value is -5.52. The molecule has 5 aromatic rings. The summed E-state index contributed by atoms with van der Waals surface area (Å²) in [5.41, 5.74) is 0.231. The third-order valence-corrected chi connectivity index (χ3v) is 5.36. The van der Waals surface area contributed by atoms with Gasteiger partial charge in [-0.05, 0) is 42.0 Å². The number of anilines is 3. The molecule has 0 fully saturated rings. The van der Waals surface area contributed by atoms with Crippen LogP contribution in [0.25, 0.3) is 21.7 Å². The van der Waals surface area contributed by atoms with Crippen molar-refractivity contribution >= 4 is 51.3 Å². The van der Waals surface area contributed by atoms with Gasteiger partial charge in [-0.15, -0.1) is 0 Å². The number of benzene rings is 3. The number of urea groups is 1. The number of nitrogens with zero attached hydrogens (tertiary/aromatic N) is 3. The first-order valence-corrected chi connectivity index (χ1v) is 11.9. The lowest BCUT2D eigenvalue weighted by molar-refractivity contribution is -0.140. The number of carbonyl (C=O) groups excluding carboxylic acids is 2. The second-order valence-electron chi connectivity index (χ2n) is 8.09. The number of aromatic nitrogens is 3. The van der Waals surface area contributed by atoms with Crippen LogP contribution >= 0.6 is 0 Å². The van der Waals surface area contributed by atoms with Crippen LogP contribution in [-0.4, -0.2) is 40.1 Å². The Morgan fingerprint density at radius 1 is 0.872 bits per heavy atom. The van der Waals surface area contributed by atoms with Crippen LogP contribution in [0.15, 0.2) is 82.0 Å². The van der Waals surface area contributed by atoms with E-state index in [1.165, 1.54) is 0 Å². The van der Waals surface area contributed by atoms with E-state index in [0.29, 0.717) is 16.7 Å².